The van der Waals surface area contributed by atoms with E-state index in [1.807, 2.05) is 0 Å². The molecule has 0 aliphatic rings. The average molecular weight is 366 g/mol. The molecule has 1 aromatic heterocycles. The Morgan fingerprint density at radius 2 is 1.62 bits per heavy atom. The molecule has 122 valence electrons. The number of benzene rings is 2. The molecule has 0 saturated heterocycles. The first-order valence-corrected chi connectivity index (χ1v) is 7.54. The number of hydrogen-bond donors (Lipinski definition) is 3. The number of aromatic nitrogens is 1. The fraction of sp³-hybridized carbons (Fsp3) is 0. The largest absolute Gasteiger partial charge is 0.349 e. The first kappa shape index (κ1) is 16.3. The molecule has 0 unspecified atom stereocenters. The fourth-order valence-electron chi connectivity index (χ4n) is 2.14. The van der Waals surface area contributed by atoms with Crippen LogP contribution in [-0.2, 0) is 0 Å². The first-order valence-electron chi connectivity index (χ1n) is 6.78. The van der Waals surface area contributed by atoms with Crippen LogP contribution in [0, 0.1) is 5.82 Å². The van der Waals surface area contributed by atoms with Crippen molar-refractivity contribution in [1.82, 2.24) is 15.8 Å². The standard InChI is InChI=1S/C16H10Cl2FN3O2/c17-9-3-1-8(2-4-9)15(23)21-22-16(24)14-13(18)11-7-10(19)5-6-12(11)20-14/h1-7,20H,(H,21,23)(H,22,24). The molecule has 0 bridgehead atoms. The van der Waals surface area contributed by atoms with Gasteiger partial charge in [0, 0.05) is 21.5 Å². The third kappa shape index (κ3) is 3.20. The number of hydrogen-bond acceptors (Lipinski definition) is 2. The maximum atomic E-state index is 13.3. The number of carbonyl (C=O) groups is 2. The lowest BCUT2D eigenvalue weighted by Crippen LogP contribution is -2.41. The van der Waals surface area contributed by atoms with Crippen molar-refractivity contribution in [2.24, 2.45) is 0 Å². The number of fused-ring (bicyclic) bond motifs is 1. The van der Waals surface area contributed by atoms with Crippen molar-refractivity contribution in [3.8, 4) is 0 Å². The van der Waals surface area contributed by atoms with E-state index in [-0.39, 0.29) is 10.7 Å². The van der Waals surface area contributed by atoms with Crippen LogP contribution in [0.2, 0.25) is 10.0 Å². The predicted molar refractivity (Wildman–Crippen MR) is 89.7 cm³/mol. The molecule has 3 aromatic rings. The molecule has 5 nitrogen and oxygen atoms in total. The van der Waals surface area contributed by atoms with Crippen LogP contribution in [0.25, 0.3) is 10.9 Å². The van der Waals surface area contributed by atoms with E-state index in [4.69, 9.17) is 23.2 Å². The van der Waals surface area contributed by atoms with E-state index < -0.39 is 17.6 Å². The summed E-state index contributed by atoms with van der Waals surface area (Å²) in [6.07, 6.45) is 0. The number of amides is 2. The molecule has 0 spiro atoms. The highest BCUT2D eigenvalue weighted by Crippen LogP contribution is 2.27. The van der Waals surface area contributed by atoms with Gasteiger partial charge in [-0.1, -0.05) is 23.2 Å². The van der Waals surface area contributed by atoms with E-state index >= 15 is 0 Å². The second-order valence-corrected chi connectivity index (χ2v) is 5.73. The van der Waals surface area contributed by atoms with Gasteiger partial charge in [-0.25, -0.2) is 4.39 Å². The van der Waals surface area contributed by atoms with Crippen molar-refractivity contribution in [2.75, 3.05) is 0 Å². The number of H-pyrrole nitrogens is 1. The van der Waals surface area contributed by atoms with Crippen molar-refractivity contribution in [3.63, 3.8) is 0 Å². The lowest BCUT2D eigenvalue weighted by Gasteiger charge is -2.06. The molecule has 1 heterocycles. The SMILES string of the molecule is O=C(NNC(=O)c1[nH]c2ccc(F)cc2c1Cl)c1ccc(Cl)cc1. The minimum Gasteiger partial charge on any atom is -0.349 e. The Bertz CT molecular complexity index is 938. The molecular weight excluding hydrogens is 356 g/mol. The summed E-state index contributed by atoms with van der Waals surface area (Å²) in [4.78, 5) is 26.9. The summed E-state index contributed by atoms with van der Waals surface area (Å²) in [7, 11) is 0. The van der Waals surface area contributed by atoms with Gasteiger partial charge >= 0.3 is 0 Å². The van der Waals surface area contributed by atoms with Gasteiger partial charge in [0.1, 0.15) is 11.5 Å². The molecule has 3 rings (SSSR count). The van der Waals surface area contributed by atoms with E-state index in [9.17, 15) is 14.0 Å². The number of aromatic amines is 1. The van der Waals surface area contributed by atoms with Gasteiger partial charge in [-0.2, -0.15) is 0 Å². The molecule has 24 heavy (non-hydrogen) atoms. The summed E-state index contributed by atoms with van der Waals surface area (Å²) in [5.41, 5.74) is 5.37. The molecule has 0 fully saturated rings. The van der Waals surface area contributed by atoms with Gasteiger partial charge in [0.25, 0.3) is 11.8 Å². The maximum absolute atomic E-state index is 13.3. The van der Waals surface area contributed by atoms with Crippen molar-refractivity contribution in [3.05, 3.63) is 69.6 Å². The molecule has 0 aliphatic heterocycles. The van der Waals surface area contributed by atoms with Crippen LogP contribution in [0.3, 0.4) is 0 Å². The van der Waals surface area contributed by atoms with Crippen LogP contribution in [0.1, 0.15) is 20.8 Å². The van der Waals surface area contributed by atoms with Gasteiger partial charge in [0.15, 0.2) is 0 Å². The Morgan fingerprint density at radius 1 is 0.958 bits per heavy atom. The zero-order valence-electron chi connectivity index (χ0n) is 12.0. The summed E-state index contributed by atoms with van der Waals surface area (Å²) in [6, 6.07) is 10.1. The Kier molecular flexibility index (Phi) is 4.42. The monoisotopic (exact) mass is 365 g/mol. The Morgan fingerprint density at radius 3 is 2.33 bits per heavy atom. The number of halogens is 3. The van der Waals surface area contributed by atoms with Crippen LogP contribution in [0.15, 0.2) is 42.5 Å². The Labute approximate surface area is 145 Å². The van der Waals surface area contributed by atoms with Gasteiger partial charge in [-0.3, -0.25) is 20.4 Å². The summed E-state index contributed by atoms with van der Waals surface area (Å²) < 4.78 is 13.3. The first-order chi connectivity index (χ1) is 11.5. The van der Waals surface area contributed by atoms with Gasteiger partial charge in [0.2, 0.25) is 0 Å². The molecule has 0 atom stereocenters. The topological polar surface area (TPSA) is 74.0 Å². The second kappa shape index (κ2) is 6.51. The van der Waals surface area contributed by atoms with Crippen molar-refractivity contribution < 1.29 is 14.0 Å². The zero-order chi connectivity index (χ0) is 17.3. The Balaban J connectivity index is 1.74. The number of hydrazine groups is 1. The van der Waals surface area contributed by atoms with Crippen LogP contribution >= 0.6 is 23.2 Å². The number of nitrogens with one attached hydrogen (secondary N) is 3. The third-order valence-electron chi connectivity index (χ3n) is 3.32. The molecule has 2 aromatic carbocycles. The van der Waals surface area contributed by atoms with E-state index in [1.54, 1.807) is 12.1 Å². The number of carbonyl (C=O) groups excluding carboxylic acids is 2. The minimum absolute atomic E-state index is 0.0219. The van der Waals surface area contributed by atoms with Crippen LogP contribution in [-0.4, -0.2) is 16.8 Å². The molecule has 2 amide bonds. The van der Waals surface area contributed by atoms with Crippen molar-refractivity contribution in [2.45, 2.75) is 0 Å². The van der Waals surface area contributed by atoms with Crippen LogP contribution in [0.4, 0.5) is 4.39 Å². The molecule has 0 radical (unpaired) electrons. The van der Waals surface area contributed by atoms with Gasteiger partial charge in [0.05, 0.1) is 5.02 Å². The molecule has 0 saturated carbocycles. The van der Waals surface area contributed by atoms with Crippen LogP contribution < -0.4 is 10.9 Å². The van der Waals surface area contributed by atoms with Gasteiger partial charge in [-0.15, -0.1) is 0 Å². The van der Waals surface area contributed by atoms with Crippen molar-refractivity contribution >= 4 is 45.9 Å². The highest BCUT2D eigenvalue weighted by molar-refractivity contribution is 6.38. The fourth-order valence-corrected chi connectivity index (χ4v) is 2.55. The normalized spacial score (nSPS) is 10.6. The van der Waals surface area contributed by atoms with E-state index in [2.05, 4.69) is 15.8 Å². The second-order valence-electron chi connectivity index (χ2n) is 4.92. The molecule has 0 aliphatic carbocycles. The smallest absolute Gasteiger partial charge is 0.287 e. The average Bonchev–Trinajstić information content (AvgIpc) is 2.89. The molecular formula is C16H10Cl2FN3O2. The lowest BCUT2D eigenvalue weighted by molar-refractivity contribution is 0.0844. The Hall–Kier alpha value is -2.57. The number of rotatable bonds is 2. The van der Waals surface area contributed by atoms with E-state index in [0.717, 1.165) is 0 Å². The van der Waals surface area contributed by atoms with Gasteiger partial charge in [-0.05, 0) is 42.5 Å². The molecule has 3 N–H and O–H groups in total. The summed E-state index contributed by atoms with van der Waals surface area (Å²) in [5.74, 6) is -1.64. The molecule has 8 heteroatoms. The minimum atomic E-state index is -0.654. The summed E-state index contributed by atoms with van der Waals surface area (Å²) in [6.45, 7) is 0. The summed E-state index contributed by atoms with van der Waals surface area (Å²) >= 11 is 11.8. The summed E-state index contributed by atoms with van der Waals surface area (Å²) in [5, 5.41) is 0.946. The maximum Gasteiger partial charge on any atom is 0.287 e. The highest BCUT2D eigenvalue weighted by atomic mass is 35.5. The van der Waals surface area contributed by atoms with E-state index in [1.165, 1.54) is 30.3 Å². The van der Waals surface area contributed by atoms with Crippen LogP contribution in [0.5, 0.6) is 0 Å². The highest BCUT2D eigenvalue weighted by Gasteiger charge is 2.17. The van der Waals surface area contributed by atoms with Gasteiger partial charge < -0.3 is 4.98 Å². The van der Waals surface area contributed by atoms with Crippen molar-refractivity contribution in [1.29, 1.82) is 0 Å². The zero-order valence-corrected chi connectivity index (χ0v) is 13.5. The quantitative estimate of drug-likeness (QED) is 0.606. The third-order valence-corrected chi connectivity index (χ3v) is 3.96. The predicted octanol–water partition coefficient (Wildman–Crippen LogP) is 3.69. The van der Waals surface area contributed by atoms with E-state index in [0.29, 0.717) is 21.5 Å². The lowest BCUT2D eigenvalue weighted by atomic mass is 10.2.